The van der Waals surface area contributed by atoms with Crippen molar-refractivity contribution in [3.8, 4) is 0 Å². The topological polar surface area (TPSA) is 65.7 Å². The molecule has 2 unspecified atom stereocenters. The molecule has 2 atom stereocenters. The van der Waals surface area contributed by atoms with Gasteiger partial charge in [-0.1, -0.05) is 40.5 Å². The van der Waals surface area contributed by atoms with Gasteiger partial charge in [0.05, 0.1) is 6.20 Å². The molecule has 2 N–H and O–H groups in total. The number of aliphatic imine (C=N–C) groups is 1. The van der Waals surface area contributed by atoms with E-state index in [1.807, 2.05) is 6.20 Å². The molecule has 6 heteroatoms. The number of hydrogen-bond acceptors (Lipinski definition) is 4. The molecule has 1 aliphatic carbocycles. The van der Waals surface area contributed by atoms with Gasteiger partial charge in [-0.3, -0.25) is 0 Å². The SMILES string of the molecule is CCNC(=NCc1ncc(C(C)(C)C)o1)NCC1(N(C)C)CCCC(C)C1. The molecule has 1 heterocycles. The summed E-state index contributed by atoms with van der Waals surface area (Å²) in [7, 11) is 4.40. The van der Waals surface area contributed by atoms with Crippen LogP contribution < -0.4 is 10.6 Å². The molecular formula is C21H39N5O. The predicted octanol–water partition coefficient (Wildman–Crippen LogP) is 3.54. The van der Waals surface area contributed by atoms with Crippen LogP contribution in [0.1, 0.15) is 72.0 Å². The van der Waals surface area contributed by atoms with Gasteiger partial charge in [0, 0.05) is 24.0 Å². The summed E-state index contributed by atoms with van der Waals surface area (Å²) in [5.74, 6) is 3.15. The number of guanidine groups is 1. The van der Waals surface area contributed by atoms with Crippen molar-refractivity contribution in [2.24, 2.45) is 10.9 Å². The van der Waals surface area contributed by atoms with Gasteiger partial charge in [0.25, 0.3) is 0 Å². The summed E-state index contributed by atoms with van der Waals surface area (Å²) in [6.45, 7) is 13.0. The van der Waals surface area contributed by atoms with Gasteiger partial charge in [-0.25, -0.2) is 9.98 Å². The molecule has 154 valence electrons. The van der Waals surface area contributed by atoms with Crippen molar-refractivity contribution in [1.29, 1.82) is 0 Å². The van der Waals surface area contributed by atoms with Crippen molar-refractivity contribution in [3.63, 3.8) is 0 Å². The fourth-order valence-electron chi connectivity index (χ4n) is 3.82. The Morgan fingerprint density at radius 2 is 2.11 bits per heavy atom. The summed E-state index contributed by atoms with van der Waals surface area (Å²) in [6, 6.07) is 0. The molecule has 1 saturated carbocycles. The highest BCUT2D eigenvalue weighted by Crippen LogP contribution is 2.35. The van der Waals surface area contributed by atoms with Gasteiger partial charge in [-0.15, -0.1) is 0 Å². The van der Waals surface area contributed by atoms with E-state index in [9.17, 15) is 0 Å². The summed E-state index contributed by atoms with van der Waals surface area (Å²) >= 11 is 0. The Labute approximate surface area is 165 Å². The highest BCUT2D eigenvalue weighted by atomic mass is 16.4. The van der Waals surface area contributed by atoms with Crippen LogP contribution in [0.4, 0.5) is 0 Å². The van der Waals surface area contributed by atoms with Crippen LogP contribution in [0.5, 0.6) is 0 Å². The smallest absolute Gasteiger partial charge is 0.216 e. The molecule has 1 fully saturated rings. The first-order valence-electron chi connectivity index (χ1n) is 10.3. The first-order valence-corrected chi connectivity index (χ1v) is 10.3. The van der Waals surface area contributed by atoms with Crippen molar-refractivity contribution < 1.29 is 4.42 Å². The lowest BCUT2D eigenvalue weighted by molar-refractivity contribution is 0.0795. The van der Waals surface area contributed by atoms with Gasteiger partial charge in [-0.2, -0.15) is 0 Å². The van der Waals surface area contributed by atoms with E-state index < -0.39 is 0 Å². The van der Waals surface area contributed by atoms with E-state index in [-0.39, 0.29) is 11.0 Å². The molecule has 2 rings (SSSR count). The number of rotatable bonds is 6. The molecule has 27 heavy (non-hydrogen) atoms. The van der Waals surface area contributed by atoms with E-state index in [0.29, 0.717) is 12.4 Å². The summed E-state index contributed by atoms with van der Waals surface area (Å²) < 4.78 is 5.86. The fraction of sp³-hybridized carbons (Fsp3) is 0.810. The average Bonchev–Trinajstić information content (AvgIpc) is 3.06. The van der Waals surface area contributed by atoms with Gasteiger partial charge in [0.15, 0.2) is 5.96 Å². The van der Waals surface area contributed by atoms with Gasteiger partial charge in [0.1, 0.15) is 12.3 Å². The molecule has 1 aromatic rings. The van der Waals surface area contributed by atoms with E-state index >= 15 is 0 Å². The molecular weight excluding hydrogens is 338 g/mol. The van der Waals surface area contributed by atoms with Crippen LogP contribution in [0.3, 0.4) is 0 Å². The normalized spacial score (nSPS) is 24.3. The van der Waals surface area contributed by atoms with Crippen LogP contribution in [0.15, 0.2) is 15.6 Å². The van der Waals surface area contributed by atoms with E-state index in [1.165, 1.54) is 25.7 Å². The van der Waals surface area contributed by atoms with Gasteiger partial charge >= 0.3 is 0 Å². The first-order chi connectivity index (χ1) is 12.7. The van der Waals surface area contributed by atoms with Crippen LogP contribution in [0.25, 0.3) is 0 Å². The molecule has 0 bridgehead atoms. The Kier molecular flexibility index (Phi) is 7.32. The quantitative estimate of drug-likeness (QED) is 0.586. The summed E-state index contributed by atoms with van der Waals surface area (Å²) in [5.41, 5.74) is 0.156. The summed E-state index contributed by atoms with van der Waals surface area (Å²) in [6.07, 6.45) is 6.90. The standard InChI is InChI=1S/C21H39N5O/c1-8-22-19(24-14-18-23-13-17(27-18)20(3,4)5)25-15-21(26(6)7)11-9-10-16(2)12-21/h13,16H,8-12,14-15H2,1-7H3,(H2,22,24,25). The molecule has 0 aliphatic heterocycles. The van der Waals surface area contributed by atoms with Crippen molar-refractivity contribution in [3.05, 3.63) is 17.8 Å². The van der Waals surface area contributed by atoms with Crippen LogP contribution in [-0.4, -0.2) is 48.6 Å². The average molecular weight is 378 g/mol. The zero-order valence-electron chi connectivity index (χ0n) is 18.4. The van der Waals surface area contributed by atoms with E-state index in [0.717, 1.165) is 30.7 Å². The third-order valence-corrected chi connectivity index (χ3v) is 5.61. The lowest BCUT2D eigenvalue weighted by Gasteiger charge is -2.45. The first kappa shape index (κ1) is 21.7. The molecule has 0 spiro atoms. The van der Waals surface area contributed by atoms with Crippen LogP contribution >= 0.6 is 0 Å². The molecule has 0 saturated heterocycles. The number of nitrogens with zero attached hydrogens (tertiary/aromatic N) is 3. The van der Waals surface area contributed by atoms with Gasteiger partial charge < -0.3 is 20.0 Å². The number of hydrogen-bond donors (Lipinski definition) is 2. The second-order valence-corrected chi connectivity index (χ2v) is 9.24. The zero-order valence-corrected chi connectivity index (χ0v) is 18.4. The van der Waals surface area contributed by atoms with Gasteiger partial charge in [0.2, 0.25) is 5.89 Å². The maximum absolute atomic E-state index is 5.86. The second kappa shape index (κ2) is 9.09. The summed E-state index contributed by atoms with van der Waals surface area (Å²) in [4.78, 5) is 11.5. The Morgan fingerprint density at radius 3 is 2.67 bits per heavy atom. The Hall–Kier alpha value is -1.56. The van der Waals surface area contributed by atoms with Gasteiger partial charge in [-0.05, 0) is 39.8 Å². The minimum Gasteiger partial charge on any atom is -0.443 e. The number of nitrogens with one attached hydrogen (secondary N) is 2. The molecule has 6 nitrogen and oxygen atoms in total. The lowest BCUT2D eigenvalue weighted by Crippen LogP contribution is -2.56. The minimum absolute atomic E-state index is 0.0342. The van der Waals surface area contributed by atoms with Crippen molar-refractivity contribution in [2.45, 2.75) is 77.8 Å². The van der Waals surface area contributed by atoms with E-state index in [1.54, 1.807) is 0 Å². The Bertz CT molecular complexity index is 616. The minimum atomic E-state index is -0.0342. The third kappa shape index (κ3) is 5.96. The molecule has 1 aliphatic rings. The van der Waals surface area contributed by atoms with E-state index in [4.69, 9.17) is 9.41 Å². The number of oxazole rings is 1. The second-order valence-electron chi connectivity index (χ2n) is 9.24. The maximum Gasteiger partial charge on any atom is 0.216 e. The van der Waals surface area contributed by atoms with Crippen molar-refractivity contribution >= 4 is 5.96 Å². The lowest BCUT2D eigenvalue weighted by atomic mass is 9.75. The number of aromatic nitrogens is 1. The largest absolute Gasteiger partial charge is 0.443 e. The maximum atomic E-state index is 5.86. The molecule has 1 aromatic heterocycles. The van der Waals surface area contributed by atoms with Crippen molar-refractivity contribution in [1.82, 2.24) is 20.5 Å². The van der Waals surface area contributed by atoms with Crippen LogP contribution in [0, 0.1) is 5.92 Å². The number of likely N-dealkylation sites (N-methyl/N-ethyl adjacent to an activating group) is 1. The fourth-order valence-corrected chi connectivity index (χ4v) is 3.82. The highest BCUT2D eigenvalue weighted by molar-refractivity contribution is 5.79. The predicted molar refractivity (Wildman–Crippen MR) is 112 cm³/mol. The van der Waals surface area contributed by atoms with E-state index in [2.05, 4.69) is 69.2 Å². The van der Waals surface area contributed by atoms with Crippen LogP contribution in [-0.2, 0) is 12.0 Å². The molecule has 0 amide bonds. The Balaban J connectivity index is 2.03. The molecule has 0 aromatic carbocycles. The molecule has 0 radical (unpaired) electrons. The zero-order chi connectivity index (χ0) is 20.1. The highest BCUT2D eigenvalue weighted by Gasteiger charge is 2.36. The Morgan fingerprint density at radius 1 is 1.37 bits per heavy atom. The summed E-state index contributed by atoms with van der Waals surface area (Å²) in [5, 5.41) is 6.92. The van der Waals surface area contributed by atoms with Crippen molar-refractivity contribution in [2.75, 3.05) is 27.2 Å². The third-order valence-electron chi connectivity index (χ3n) is 5.61. The van der Waals surface area contributed by atoms with Crippen LogP contribution in [0.2, 0.25) is 0 Å². The monoisotopic (exact) mass is 377 g/mol.